The molecule has 0 bridgehead atoms. The largest absolute Gasteiger partial charge is 0.307 e. The number of nitrogens with one attached hydrogen (secondary N) is 1. The molecule has 20 heavy (non-hydrogen) atoms. The number of ketones is 1. The van der Waals surface area contributed by atoms with Gasteiger partial charge >= 0.3 is 4.87 Å². The van der Waals surface area contributed by atoms with E-state index < -0.39 is 11.7 Å². The second kappa shape index (κ2) is 4.99. The average Bonchev–Trinajstić information content (AvgIpc) is 2.88. The smallest absolute Gasteiger partial charge is 0.305 e. The van der Waals surface area contributed by atoms with Gasteiger partial charge in [0.05, 0.1) is 15.8 Å². The van der Waals surface area contributed by atoms with E-state index in [4.69, 9.17) is 0 Å². The van der Waals surface area contributed by atoms with Crippen molar-refractivity contribution in [3.8, 4) is 0 Å². The van der Waals surface area contributed by atoms with Gasteiger partial charge in [-0.15, -0.1) is 0 Å². The van der Waals surface area contributed by atoms with E-state index in [-0.39, 0.29) is 22.2 Å². The Labute approximate surface area is 121 Å². The van der Waals surface area contributed by atoms with Gasteiger partial charge in [0.1, 0.15) is 5.82 Å². The molecule has 0 saturated carbocycles. The number of carbonyl (C=O) groups is 2. The van der Waals surface area contributed by atoms with Crippen molar-refractivity contribution in [3.63, 3.8) is 0 Å². The van der Waals surface area contributed by atoms with Gasteiger partial charge in [-0.2, -0.15) is 0 Å². The minimum atomic E-state index is -0.587. The highest BCUT2D eigenvalue weighted by Crippen LogP contribution is 2.43. The molecule has 1 aliphatic heterocycles. The zero-order chi connectivity index (χ0) is 14.3. The summed E-state index contributed by atoms with van der Waals surface area (Å²) in [7, 11) is 0. The van der Waals surface area contributed by atoms with E-state index in [9.17, 15) is 18.8 Å². The molecule has 1 N–H and O–H groups in total. The average molecular weight is 309 g/mol. The quantitative estimate of drug-likeness (QED) is 0.885. The normalized spacial score (nSPS) is 17.2. The fourth-order valence-corrected chi connectivity index (χ4v) is 4.17. The third-order valence-corrected chi connectivity index (χ3v) is 5.14. The molecule has 3 rings (SSSR count). The number of halogens is 1. The molecule has 0 spiro atoms. The van der Waals surface area contributed by atoms with Gasteiger partial charge in [-0.3, -0.25) is 14.4 Å². The molecule has 0 unspecified atom stereocenters. The highest BCUT2D eigenvalue weighted by atomic mass is 32.2. The number of thiazole rings is 1. The first kappa shape index (κ1) is 13.3. The van der Waals surface area contributed by atoms with Gasteiger partial charge < -0.3 is 4.98 Å². The van der Waals surface area contributed by atoms with Crippen molar-refractivity contribution in [3.05, 3.63) is 50.2 Å². The third kappa shape index (κ3) is 2.34. The molecular formula is C13H8FNO3S2. The molecule has 0 aliphatic carbocycles. The molecule has 0 radical (unpaired) electrons. The highest BCUT2D eigenvalue weighted by Gasteiger charge is 2.36. The molecule has 4 nitrogen and oxygen atoms in total. The van der Waals surface area contributed by atoms with Crippen LogP contribution in [0.2, 0.25) is 0 Å². The second-order valence-corrected chi connectivity index (χ2v) is 6.35. The van der Waals surface area contributed by atoms with E-state index in [2.05, 4.69) is 4.98 Å². The minimum Gasteiger partial charge on any atom is -0.307 e. The molecule has 1 aromatic carbocycles. The van der Waals surface area contributed by atoms with Crippen LogP contribution in [-0.2, 0) is 4.79 Å². The molecule has 0 amide bonds. The second-order valence-electron chi connectivity index (χ2n) is 4.32. The summed E-state index contributed by atoms with van der Waals surface area (Å²) < 4.78 is 12.8. The zero-order valence-electron chi connectivity index (χ0n) is 10.0. The number of aromatic amines is 1. The Morgan fingerprint density at radius 1 is 1.25 bits per heavy atom. The van der Waals surface area contributed by atoms with E-state index in [1.807, 2.05) is 0 Å². The topological polar surface area (TPSA) is 67.0 Å². The first-order valence-electron chi connectivity index (χ1n) is 5.78. The number of hydrogen-bond donors (Lipinski definition) is 1. The molecule has 2 aromatic rings. The van der Waals surface area contributed by atoms with Crippen molar-refractivity contribution in [2.24, 2.45) is 0 Å². The molecule has 1 aliphatic rings. The lowest BCUT2D eigenvalue weighted by Gasteiger charge is -2.06. The zero-order valence-corrected chi connectivity index (χ0v) is 11.6. The van der Waals surface area contributed by atoms with Crippen LogP contribution >= 0.6 is 23.1 Å². The number of H-pyrrole nitrogens is 1. The van der Waals surface area contributed by atoms with Crippen LogP contribution in [-0.4, -0.2) is 15.9 Å². The van der Waals surface area contributed by atoms with Crippen LogP contribution in [0.25, 0.3) is 0 Å². The molecule has 1 aromatic heterocycles. The monoisotopic (exact) mass is 309 g/mol. The Balaban J connectivity index is 1.84. The van der Waals surface area contributed by atoms with Crippen LogP contribution in [0.3, 0.4) is 0 Å². The van der Waals surface area contributed by atoms with E-state index in [0.29, 0.717) is 15.5 Å². The number of hydrogen-bond acceptors (Lipinski definition) is 5. The van der Waals surface area contributed by atoms with Crippen LogP contribution in [0, 0.1) is 5.82 Å². The molecule has 2 heterocycles. The summed E-state index contributed by atoms with van der Waals surface area (Å²) in [6.45, 7) is 0. The van der Waals surface area contributed by atoms with Crippen molar-refractivity contribution in [2.75, 3.05) is 0 Å². The summed E-state index contributed by atoms with van der Waals surface area (Å²) in [4.78, 5) is 38.2. The van der Waals surface area contributed by atoms with Crippen LogP contribution in [0.15, 0.2) is 34.1 Å². The number of Topliss-reactive ketones (excluding diaryl/α,β-unsaturated/α-hetero) is 1. The van der Waals surface area contributed by atoms with Gasteiger partial charge in [0, 0.05) is 12.0 Å². The van der Waals surface area contributed by atoms with E-state index >= 15 is 0 Å². The van der Waals surface area contributed by atoms with Gasteiger partial charge in [0.25, 0.3) is 0 Å². The minimum absolute atomic E-state index is 0.00173. The van der Waals surface area contributed by atoms with Gasteiger partial charge in [0.15, 0.2) is 5.78 Å². The number of rotatable bonds is 3. The fourth-order valence-electron chi connectivity index (χ4n) is 2.03. The number of aromatic nitrogens is 1. The van der Waals surface area contributed by atoms with E-state index in [1.54, 1.807) is 0 Å². The number of carbonyl (C=O) groups excluding carboxylic acids is 2. The third-order valence-electron chi connectivity index (χ3n) is 3.00. The van der Waals surface area contributed by atoms with Crippen LogP contribution < -0.4 is 4.87 Å². The Morgan fingerprint density at radius 3 is 2.65 bits per heavy atom. The Bertz CT molecular complexity index is 748. The summed E-state index contributed by atoms with van der Waals surface area (Å²) in [5.74, 6) is -1.24. The molecular weight excluding hydrogens is 301 g/mol. The summed E-state index contributed by atoms with van der Waals surface area (Å²) in [6.07, 6.45) is -0.00173. The number of thioether (sulfide) groups is 1. The molecule has 0 fully saturated rings. The Kier molecular flexibility index (Phi) is 3.31. The van der Waals surface area contributed by atoms with Crippen LogP contribution in [0.1, 0.15) is 27.6 Å². The predicted octanol–water partition coefficient (Wildman–Crippen LogP) is 2.56. The van der Waals surface area contributed by atoms with Crippen molar-refractivity contribution in [1.82, 2.24) is 4.98 Å². The van der Waals surface area contributed by atoms with Crippen molar-refractivity contribution < 1.29 is 14.0 Å². The first-order valence-corrected chi connectivity index (χ1v) is 7.41. The predicted molar refractivity (Wildman–Crippen MR) is 73.9 cm³/mol. The summed E-state index contributed by atoms with van der Waals surface area (Å²) in [5, 5.41) is 0.403. The summed E-state index contributed by atoms with van der Waals surface area (Å²) >= 11 is 1.93. The van der Waals surface area contributed by atoms with Crippen LogP contribution in [0.4, 0.5) is 4.39 Å². The SMILES string of the molecule is O=C(C[C@H]1C(=O)Sc2[nH]c(=O)sc21)c1ccc(F)cc1. The van der Waals surface area contributed by atoms with Gasteiger partial charge in [-0.1, -0.05) is 11.3 Å². The van der Waals surface area contributed by atoms with Crippen molar-refractivity contribution >= 4 is 34.0 Å². The highest BCUT2D eigenvalue weighted by molar-refractivity contribution is 8.14. The van der Waals surface area contributed by atoms with Crippen LogP contribution in [0.5, 0.6) is 0 Å². The number of fused-ring (bicyclic) bond motifs is 1. The molecule has 0 saturated heterocycles. The lowest BCUT2D eigenvalue weighted by atomic mass is 9.98. The lowest BCUT2D eigenvalue weighted by Crippen LogP contribution is -2.10. The molecule has 102 valence electrons. The van der Waals surface area contributed by atoms with Crippen molar-refractivity contribution in [1.29, 1.82) is 0 Å². The summed E-state index contributed by atoms with van der Waals surface area (Å²) in [5.41, 5.74) is 0.362. The standard InChI is InChI=1S/C13H8FNO3S2/c14-7-3-1-6(2-4-7)9(16)5-8-10-11(20-12(8)17)15-13(18)19-10/h1-4,8H,5H2,(H,15,18)/t8-/m1/s1. The lowest BCUT2D eigenvalue weighted by molar-refractivity contribution is -0.111. The van der Waals surface area contributed by atoms with Gasteiger partial charge in [-0.05, 0) is 36.0 Å². The first-order chi connectivity index (χ1) is 9.54. The maximum atomic E-state index is 12.8. The van der Waals surface area contributed by atoms with E-state index in [0.717, 1.165) is 23.1 Å². The van der Waals surface area contributed by atoms with Crippen molar-refractivity contribution in [2.45, 2.75) is 17.4 Å². The maximum Gasteiger partial charge on any atom is 0.305 e. The molecule has 7 heteroatoms. The fraction of sp³-hybridized carbons (Fsp3) is 0.154. The van der Waals surface area contributed by atoms with Gasteiger partial charge in [0.2, 0.25) is 5.12 Å². The Morgan fingerprint density at radius 2 is 1.95 bits per heavy atom. The van der Waals surface area contributed by atoms with Gasteiger partial charge in [-0.25, -0.2) is 4.39 Å². The summed E-state index contributed by atoms with van der Waals surface area (Å²) in [6, 6.07) is 5.20. The molecule has 1 atom stereocenters. The van der Waals surface area contributed by atoms with E-state index in [1.165, 1.54) is 24.3 Å². The maximum absolute atomic E-state index is 12.8. The number of benzene rings is 1. The Hall–Kier alpha value is -1.73.